The van der Waals surface area contributed by atoms with Crippen molar-refractivity contribution in [1.82, 2.24) is 4.90 Å². The van der Waals surface area contributed by atoms with Crippen LogP contribution in [0.1, 0.15) is 32.6 Å². The van der Waals surface area contributed by atoms with E-state index >= 15 is 0 Å². The SMILES string of the molecule is CCCN1CCCCC1.O=C(O)C(=O)O. The Labute approximate surface area is 89.7 Å². The van der Waals surface area contributed by atoms with Crippen molar-refractivity contribution < 1.29 is 19.8 Å². The molecule has 88 valence electrons. The Morgan fingerprint density at radius 1 is 1.07 bits per heavy atom. The van der Waals surface area contributed by atoms with E-state index in [2.05, 4.69) is 11.8 Å². The fraction of sp³-hybridized carbons (Fsp3) is 0.800. The Bertz CT molecular complexity index is 185. The Morgan fingerprint density at radius 2 is 1.53 bits per heavy atom. The first-order valence-corrected chi connectivity index (χ1v) is 5.26. The molecule has 0 amide bonds. The predicted octanol–water partition coefficient (Wildman–Crippen LogP) is 1.04. The van der Waals surface area contributed by atoms with Crippen molar-refractivity contribution in [2.24, 2.45) is 0 Å². The number of hydrogen-bond acceptors (Lipinski definition) is 3. The van der Waals surface area contributed by atoms with Gasteiger partial charge in [-0.15, -0.1) is 0 Å². The van der Waals surface area contributed by atoms with Crippen molar-refractivity contribution in [2.45, 2.75) is 32.6 Å². The molecule has 0 saturated carbocycles. The standard InChI is InChI=1S/C8H17N.C2H2O4/c1-2-6-9-7-4-3-5-8-9;3-1(4)2(5)6/h2-8H2,1H3;(H,3,4)(H,5,6). The Hall–Kier alpha value is -1.10. The van der Waals surface area contributed by atoms with Crippen LogP contribution in [0, 0.1) is 0 Å². The van der Waals surface area contributed by atoms with E-state index < -0.39 is 11.9 Å². The van der Waals surface area contributed by atoms with Crippen molar-refractivity contribution in [3.05, 3.63) is 0 Å². The first kappa shape index (κ1) is 13.9. The van der Waals surface area contributed by atoms with Crippen LogP contribution in [0.15, 0.2) is 0 Å². The molecule has 1 heterocycles. The van der Waals surface area contributed by atoms with Crippen LogP contribution >= 0.6 is 0 Å². The van der Waals surface area contributed by atoms with Crippen molar-refractivity contribution >= 4 is 11.9 Å². The topological polar surface area (TPSA) is 77.8 Å². The quantitative estimate of drug-likeness (QED) is 0.676. The molecule has 0 aromatic rings. The zero-order chi connectivity index (χ0) is 11.7. The predicted molar refractivity (Wildman–Crippen MR) is 55.9 cm³/mol. The summed E-state index contributed by atoms with van der Waals surface area (Å²) in [6, 6.07) is 0. The van der Waals surface area contributed by atoms with Crippen LogP contribution in [0.5, 0.6) is 0 Å². The van der Waals surface area contributed by atoms with Crippen LogP contribution in [0.2, 0.25) is 0 Å². The third-order valence-electron chi connectivity index (χ3n) is 2.17. The second-order valence-electron chi connectivity index (χ2n) is 3.51. The van der Waals surface area contributed by atoms with Crippen LogP contribution in [-0.2, 0) is 9.59 Å². The molecule has 0 aromatic heterocycles. The number of carboxylic acids is 2. The molecule has 2 N–H and O–H groups in total. The van der Waals surface area contributed by atoms with Gasteiger partial charge in [0.05, 0.1) is 0 Å². The highest BCUT2D eigenvalue weighted by Crippen LogP contribution is 2.07. The molecule has 0 aromatic carbocycles. The van der Waals surface area contributed by atoms with E-state index in [1.165, 1.54) is 45.3 Å². The van der Waals surface area contributed by atoms with Gasteiger partial charge in [-0.05, 0) is 38.9 Å². The van der Waals surface area contributed by atoms with Crippen LogP contribution in [0.25, 0.3) is 0 Å². The maximum absolute atomic E-state index is 9.10. The average Bonchev–Trinajstić information content (AvgIpc) is 2.20. The minimum atomic E-state index is -1.82. The summed E-state index contributed by atoms with van der Waals surface area (Å²) < 4.78 is 0. The summed E-state index contributed by atoms with van der Waals surface area (Å²) >= 11 is 0. The molecule has 1 rings (SSSR count). The van der Waals surface area contributed by atoms with Crippen LogP contribution in [0.3, 0.4) is 0 Å². The van der Waals surface area contributed by atoms with E-state index in [4.69, 9.17) is 19.8 Å². The second kappa shape index (κ2) is 8.23. The van der Waals surface area contributed by atoms with Gasteiger partial charge in [-0.25, -0.2) is 9.59 Å². The average molecular weight is 217 g/mol. The van der Waals surface area contributed by atoms with Gasteiger partial charge in [0.1, 0.15) is 0 Å². The van der Waals surface area contributed by atoms with E-state index in [0.717, 1.165) is 0 Å². The fourth-order valence-corrected chi connectivity index (χ4v) is 1.50. The van der Waals surface area contributed by atoms with Gasteiger partial charge in [0.2, 0.25) is 0 Å². The summed E-state index contributed by atoms with van der Waals surface area (Å²) in [5.41, 5.74) is 0. The van der Waals surface area contributed by atoms with Crippen LogP contribution in [0.4, 0.5) is 0 Å². The number of likely N-dealkylation sites (tertiary alicyclic amines) is 1. The summed E-state index contributed by atoms with van der Waals surface area (Å²) in [7, 11) is 0. The summed E-state index contributed by atoms with van der Waals surface area (Å²) in [6.45, 7) is 6.29. The van der Waals surface area contributed by atoms with E-state index in [9.17, 15) is 0 Å². The molecular weight excluding hydrogens is 198 g/mol. The number of rotatable bonds is 2. The van der Waals surface area contributed by atoms with Gasteiger partial charge < -0.3 is 15.1 Å². The number of piperidine rings is 1. The molecule has 0 spiro atoms. The molecule has 5 heteroatoms. The minimum Gasteiger partial charge on any atom is -0.473 e. The summed E-state index contributed by atoms with van der Waals surface area (Å²) in [5.74, 6) is -3.65. The third kappa shape index (κ3) is 7.93. The summed E-state index contributed by atoms with van der Waals surface area (Å²) in [4.78, 5) is 20.8. The molecule has 1 aliphatic heterocycles. The van der Waals surface area contributed by atoms with E-state index in [-0.39, 0.29) is 0 Å². The van der Waals surface area contributed by atoms with E-state index in [1.54, 1.807) is 0 Å². The van der Waals surface area contributed by atoms with Gasteiger partial charge in [-0.2, -0.15) is 0 Å². The molecule has 0 unspecified atom stereocenters. The molecule has 0 radical (unpaired) electrons. The zero-order valence-electron chi connectivity index (χ0n) is 9.11. The van der Waals surface area contributed by atoms with Crippen molar-refractivity contribution in [3.8, 4) is 0 Å². The van der Waals surface area contributed by atoms with E-state index in [1.807, 2.05) is 0 Å². The lowest BCUT2D eigenvalue weighted by Gasteiger charge is -2.25. The third-order valence-corrected chi connectivity index (χ3v) is 2.17. The number of hydrogen-bond donors (Lipinski definition) is 2. The first-order chi connectivity index (χ1) is 7.07. The van der Waals surface area contributed by atoms with Crippen molar-refractivity contribution in [1.29, 1.82) is 0 Å². The molecule has 1 fully saturated rings. The fourth-order valence-electron chi connectivity index (χ4n) is 1.50. The maximum Gasteiger partial charge on any atom is 0.414 e. The summed E-state index contributed by atoms with van der Waals surface area (Å²) in [5, 5.41) is 14.8. The number of carboxylic acid groups (broad SMARTS) is 2. The molecular formula is C10H19NO4. The minimum absolute atomic E-state index is 1.32. The molecule has 15 heavy (non-hydrogen) atoms. The molecule has 0 aliphatic carbocycles. The van der Waals surface area contributed by atoms with Crippen LogP contribution < -0.4 is 0 Å². The van der Waals surface area contributed by atoms with Gasteiger partial charge in [0.15, 0.2) is 0 Å². The van der Waals surface area contributed by atoms with Gasteiger partial charge in [0, 0.05) is 0 Å². The highest BCUT2D eigenvalue weighted by molar-refractivity contribution is 6.27. The normalized spacial score (nSPS) is 16.3. The maximum atomic E-state index is 9.10. The largest absolute Gasteiger partial charge is 0.473 e. The monoisotopic (exact) mass is 217 g/mol. The highest BCUT2D eigenvalue weighted by atomic mass is 16.4. The smallest absolute Gasteiger partial charge is 0.414 e. The van der Waals surface area contributed by atoms with Gasteiger partial charge in [-0.3, -0.25) is 0 Å². The van der Waals surface area contributed by atoms with Gasteiger partial charge in [0.25, 0.3) is 0 Å². The number of carbonyl (C=O) groups is 2. The lowest BCUT2D eigenvalue weighted by molar-refractivity contribution is -0.159. The van der Waals surface area contributed by atoms with Crippen LogP contribution in [-0.4, -0.2) is 46.7 Å². The first-order valence-electron chi connectivity index (χ1n) is 5.26. The summed E-state index contributed by atoms with van der Waals surface area (Å²) in [6.07, 6.45) is 5.64. The Balaban J connectivity index is 0.000000288. The van der Waals surface area contributed by atoms with E-state index in [0.29, 0.717) is 0 Å². The molecule has 5 nitrogen and oxygen atoms in total. The molecule has 1 saturated heterocycles. The zero-order valence-corrected chi connectivity index (χ0v) is 9.11. The second-order valence-corrected chi connectivity index (χ2v) is 3.51. The molecule has 0 bridgehead atoms. The van der Waals surface area contributed by atoms with Crippen molar-refractivity contribution in [2.75, 3.05) is 19.6 Å². The highest BCUT2D eigenvalue weighted by Gasteiger charge is 2.07. The number of nitrogens with zero attached hydrogens (tertiary/aromatic N) is 1. The Kier molecular flexibility index (Phi) is 7.62. The Morgan fingerprint density at radius 3 is 1.87 bits per heavy atom. The molecule has 1 aliphatic rings. The number of aliphatic carboxylic acids is 2. The van der Waals surface area contributed by atoms with Crippen molar-refractivity contribution in [3.63, 3.8) is 0 Å². The lowest BCUT2D eigenvalue weighted by Crippen LogP contribution is -2.30. The lowest BCUT2D eigenvalue weighted by atomic mass is 10.1. The van der Waals surface area contributed by atoms with Gasteiger partial charge in [-0.1, -0.05) is 13.3 Å². The van der Waals surface area contributed by atoms with Gasteiger partial charge >= 0.3 is 11.9 Å². The molecule has 0 atom stereocenters.